The van der Waals surface area contributed by atoms with Crippen LogP contribution in [-0.4, -0.2) is 49.9 Å². The van der Waals surface area contributed by atoms with Crippen LogP contribution >= 0.6 is 11.3 Å². The van der Waals surface area contributed by atoms with Gasteiger partial charge in [0.25, 0.3) is 5.91 Å². The smallest absolute Gasteiger partial charge is 0.358 e. The van der Waals surface area contributed by atoms with Crippen LogP contribution in [0.1, 0.15) is 46.4 Å². The molecule has 176 valence electrons. The third-order valence-corrected chi connectivity index (χ3v) is 6.78. The van der Waals surface area contributed by atoms with Crippen molar-refractivity contribution in [2.45, 2.75) is 45.8 Å². The number of carbonyl (C=O) groups excluding carboxylic acids is 1. The number of amides is 1. The van der Waals surface area contributed by atoms with E-state index in [2.05, 4.69) is 27.5 Å². The molecule has 1 amide bonds. The normalized spacial score (nSPS) is 19.0. The number of carbonyl (C=O) groups is 1. The highest BCUT2D eigenvalue weighted by molar-refractivity contribution is 7.15. The van der Waals surface area contributed by atoms with E-state index in [4.69, 9.17) is 0 Å². The molecule has 0 saturated carbocycles. The van der Waals surface area contributed by atoms with E-state index < -0.39 is 11.2 Å². The number of anilines is 1. The lowest BCUT2D eigenvalue weighted by molar-refractivity contribution is -0.138. The van der Waals surface area contributed by atoms with Gasteiger partial charge in [0.1, 0.15) is 0 Å². The summed E-state index contributed by atoms with van der Waals surface area (Å²) in [6.07, 6.45) is -0.909. The van der Waals surface area contributed by atoms with E-state index in [0.717, 1.165) is 24.1 Å². The van der Waals surface area contributed by atoms with E-state index in [-0.39, 0.29) is 23.0 Å². The minimum atomic E-state index is -4.52. The van der Waals surface area contributed by atoms with Gasteiger partial charge in [-0.25, -0.2) is 4.68 Å². The third kappa shape index (κ3) is 5.02. The minimum Gasteiger partial charge on any atom is -0.358 e. The number of halogens is 3. The molecular weight excluding hydrogens is 453 g/mol. The van der Waals surface area contributed by atoms with Gasteiger partial charge in [0.2, 0.25) is 10.1 Å². The van der Waals surface area contributed by atoms with Gasteiger partial charge in [-0.3, -0.25) is 4.79 Å². The predicted molar refractivity (Wildman–Crippen MR) is 120 cm³/mol. The van der Waals surface area contributed by atoms with Crippen LogP contribution in [0.2, 0.25) is 0 Å². The van der Waals surface area contributed by atoms with Gasteiger partial charge >= 0.3 is 6.18 Å². The molecule has 3 aromatic rings. The summed E-state index contributed by atoms with van der Waals surface area (Å²) in [6, 6.07) is 7.36. The predicted octanol–water partition coefficient (Wildman–Crippen LogP) is 4.71. The SMILES string of the molecule is Cc1ccc(-n2ccc(C)n2)c(C(=O)N2CCC[C@@H](C)C2CNc2nnc(C(F)(F)F)s2)c1. The molecule has 1 saturated heterocycles. The van der Waals surface area contributed by atoms with Crippen LogP contribution in [0.3, 0.4) is 0 Å². The fraction of sp³-hybridized carbons (Fsp3) is 0.455. The average Bonchev–Trinajstić information content (AvgIpc) is 3.41. The Balaban J connectivity index is 1.58. The van der Waals surface area contributed by atoms with Crippen molar-refractivity contribution in [3.05, 3.63) is 52.3 Å². The monoisotopic (exact) mass is 478 g/mol. The first-order valence-corrected chi connectivity index (χ1v) is 11.5. The van der Waals surface area contributed by atoms with Crippen molar-refractivity contribution < 1.29 is 18.0 Å². The molecule has 1 fully saturated rings. The van der Waals surface area contributed by atoms with Crippen LogP contribution < -0.4 is 5.32 Å². The summed E-state index contributed by atoms with van der Waals surface area (Å²) in [5, 5.41) is 13.4. The maximum atomic E-state index is 13.7. The van der Waals surface area contributed by atoms with Crippen molar-refractivity contribution >= 4 is 22.4 Å². The van der Waals surface area contributed by atoms with Crippen molar-refractivity contribution in [1.82, 2.24) is 24.9 Å². The first kappa shape index (κ1) is 23.2. The van der Waals surface area contributed by atoms with Crippen LogP contribution in [0.5, 0.6) is 0 Å². The van der Waals surface area contributed by atoms with Crippen LogP contribution in [0, 0.1) is 19.8 Å². The highest BCUT2D eigenvalue weighted by Crippen LogP contribution is 2.33. The number of nitrogens with zero attached hydrogens (tertiary/aromatic N) is 5. The number of aromatic nitrogens is 4. The van der Waals surface area contributed by atoms with Gasteiger partial charge in [0.15, 0.2) is 0 Å². The van der Waals surface area contributed by atoms with Crippen molar-refractivity contribution in [1.29, 1.82) is 0 Å². The van der Waals surface area contributed by atoms with E-state index in [0.29, 0.717) is 35.7 Å². The number of nitrogens with one attached hydrogen (secondary N) is 1. The molecule has 33 heavy (non-hydrogen) atoms. The number of hydrogen-bond donors (Lipinski definition) is 1. The Morgan fingerprint density at radius 3 is 2.70 bits per heavy atom. The Kier molecular flexibility index (Phi) is 6.42. The van der Waals surface area contributed by atoms with E-state index in [9.17, 15) is 18.0 Å². The van der Waals surface area contributed by atoms with Crippen molar-refractivity contribution in [2.75, 3.05) is 18.4 Å². The van der Waals surface area contributed by atoms with Gasteiger partial charge in [-0.1, -0.05) is 29.9 Å². The second-order valence-corrected chi connectivity index (χ2v) is 9.38. The second-order valence-electron chi connectivity index (χ2n) is 8.40. The molecule has 7 nitrogen and oxygen atoms in total. The fourth-order valence-electron chi connectivity index (χ4n) is 4.14. The van der Waals surface area contributed by atoms with E-state index in [1.54, 1.807) is 4.68 Å². The Hall–Kier alpha value is -2.95. The minimum absolute atomic E-state index is 0.0933. The highest BCUT2D eigenvalue weighted by Gasteiger charge is 2.37. The number of piperidine rings is 1. The number of rotatable bonds is 5. The highest BCUT2D eigenvalue weighted by atomic mass is 32.1. The Labute approximate surface area is 193 Å². The van der Waals surface area contributed by atoms with Gasteiger partial charge in [0, 0.05) is 19.3 Å². The first-order chi connectivity index (χ1) is 15.6. The molecule has 1 N–H and O–H groups in total. The van der Waals surface area contributed by atoms with Crippen molar-refractivity contribution in [3.63, 3.8) is 0 Å². The molecular formula is C22H25F3N6OS. The quantitative estimate of drug-likeness (QED) is 0.575. The molecule has 1 aliphatic rings. The summed E-state index contributed by atoms with van der Waals surface area (Å²) in [5.74, 6) is 0.0545. The molecule has 11 heteroatoms. The summed E-state index contributed by atoms with van der Waals surface area (Å²) in [7, 11) is 0. The molecule has 2 atom stereocenters. The Morgan fingerprint density at radius 2 is 2.03 bits per heavy atom. The Morgan fingerprint density at radius 1 is 1.24 bits per heavy atom. The maximum absolute atomic E-state index is 13.7. The van der Waals surface area contributed by atoms with Gasteiger partial charge < -0.3 is 10.2 Å². The molecule has 1 aromatic carbocycles. The summed E-state index contributed by atoms with van der Waals surface area (Å²) < 4.78 is 40.2. The number of likely N-dealkylation sites (tertiary alicyclic amines) is 1. The standard InChI is InChI=1S/C22H25F3N6OS/c1-13-6-7-17(31-10-8-15(3)29-31)16(11-13)19(32)30-9-4-5-14(2)18(30)12-26-21-28-27-20(33-21)22(23,24)25/h6-8,10-11,14,18H,4-5,9,12H2,1-3H3,(H,26,28)/t14-,18?/m1/s1. The largest absolute Gasteiger partial charge is 0.445 e. The lowest BCUT2D eigenvalue weighted by Crippen LogP contribution is -2.51. The average molecular weight is 479 g/mol. The fourth-order valence-corrected chi connectivity index (χ4v) is 4.76. The molecule has 1 aliphatic heterocycles. The molecule has 4 rings (SSSR count). The molecule has 2 aromatic heterocycles. The van der Waals surface area contributed by atoms with E-state index >= 15 is 0 Å². The number of alkyl halides is 3. The zero-order valence-corrected chi connectivity index (χ0v) is 19.4. The van der Waals surface area contributed by atoms with Gasteiger partial charge in [-0.15, -0.1) is 10.2 Å². The van der Waals surface area contributed by atoms with Crippen molar-refractivity contribution in [3.8, 4) is 5.69 Å². The number of benzene rings is 1. The van der Waals surface area contributed by atoms with Gasteiger partial charge in [-0.2, -0.15) is 18.3 Å². The summed E-state index contributed by atoms with van der Waals surface area (Å²) >= 11 is 0.466. The van der Waals surface area contributed by atoms with Crippen molar-refractivity contribution in [2.24, 2.45) is 5.92 Å². The maximum Gasteiger partial charge on any atom is 0.445 e. The lowest BCUT2D eigenvalue weighted by atomic mass is 9.90. The molecule has 0 radical (unpaired) electrons. The first-order valence-electron chi connectivity index (χ1n) is 10.7. The van der Waals surface area contributed by atoms with Crippen LogP contribution in [0.25, 0.3) is 5.69 Å². The zero-order valence-electron chi connectivity index (χ0n) is 18.6. The van der Waals surface area contributed by atoms with Crippen LogP contribution in [0.4, 0.5) is 18.3 Å². The Bertz CT molecular complexity index is 1140. The molecule has 0 spiro atoms. The van der Waals surface area contributed by atoms with Gasteiger partial charge in [0.05, 0.1) is 23.0 Å². The molecule has 1 unspecified atom stereocenters. The van der Waals surface area contributed by atoms with E-state index in [1.807, 2.05) is 49.2 Å². The zero-order chi connectivity index (χ0) is 23.8. The molecule has 3 heterocycles. The topological polar surface area (TPSA) is 75.9 Å². The second kappa shape index (κ2) is 9.12. The van der Waals surface area contributed by atoms with E-state index in [1.165, 1.54) is 0 Å². The van der Waals surface area contributed by atoms with Crippen LogP contribution in [0.15, 0.2) is 30.5 Å². The number of hydrogen-bond acceptors (Lipinski definition) is 6. The summed E-state index contributed by atoms with van der Waals surface area (Å²) in [6.45, 7) is 6.74. The van der Waals surface area contributed by atoms with Gasteiger partial charge in [-0.05, 0) is 50.8 Å². The van der Waals surface area contributed by atoms with Crippen LogP contribution in [-0.2, 0) is 6.18 Å². The molecule has 0 bridgehead atoms. The summed E-state index contributed by atoms with van der Waals surface area (Å²) in [5.41, 5.74) is 3.05. The lowest BCUT2D eigenvalue weighted by Gasteiger charge is -2.40. The summed E-state index contributed by atoms with van der Waals surface area (Å²) in [4.78, 5) is 15.6. The third-order valence-electron chi connectivity index (χ3n) is 5.86. The molecule has 0 aliphatic carbocycles. The number of aryl methyl sites for hydroxylation is 2.